The van der Waals surface area contributed by atoms with Crippen molar-refractivity contribution >= 4 is 32.5 Å². The van der Waals surface area contributed by atoms with Gasteiger partial charge in [0, 0.05) is 52.6 Å². The molecule has 1 aromatic carbocycles. The summed E-state index contributed by atoms with van der Waals surface area (Å²) in [7, 11) is 0. The van der Waals surface area contributed by atoms with E-state index in [-0.39, 0.29) is 10.6 Å². The van der Waals surface area contributed by atoms with Gasteiger partial charge < -0.3 is 4.57 Å². The van der Waals surface area contributed by atoms with Crippen LogP contribution in [0, 0.1) is 10.1 Å². The Kier molecular flexibility index (Phi) is 3.23. The van der Waals surface area contributed by atoms with E-state index in [1.54, 1.807) is 18.3 Å². The van der Waals surface area contributed by atoms with Crippen LogP contribution < -0.4 is 0 Å². The number of non-ortho nitro benzene ring substituents is 1. The van der Waals surface area contributed by atoms with E-state index in [1.165, 1.54) is 6.07 Å². The van der Waals surface area contributed by atoms with Crippen molar-refractivity contribution in [2.45, 2.75) is 6.54 Å². The largest absolute Gasteiger partial charge is 0.343 e. The number of hydrogen-bond donors (Lipinski definition) is 0. The molecule has 0 unspecified atom stereocenters. The number of rotatable bonds is 3. The Morgan fingerprint density at radius 3 is 2.85 bits per heavy atom. The number of nitro groups is 1. The van der Waals surface area contributed by atoms with Crippen molar-refractivity contribution in [2.24, 2.45) is 0 Å². The molecule has 2 aromatic heterocycles. The third kappa shape index (κ3) is 2.42. The van der Waals surface area contributed by atoms with E-state index >= 15 is 0 Å². The Morgan fingerprint density at radius 2 is 2.10 bits per heavy atom. The van der Waals surface area contributed by atoms with E-state index in [1.807, 2.05) is 29.1 Å². The summed E-state index contributed by atoms with van der Waals surface area (Å²) in [6.45, 7) is 0.674. The smallest absolute Gasteiger partial charge is 0.270 e. The van der Waals surface area contributed by atoms with Gasteiger partial charge in [-0.1, -0.05) is 0 Å². The average molecular weight is 332 g/mol. The summed E-state index contributed by atoms with van der Waals surface area (Å²) in [4.78, 5) is 14.5. The second-order valence-electron chi connectivity index (χ2n) is 4.46. The number of halogens is 1. The van der Waals surface area contributed by atoms with E-state index in [0.717, 1.165) is 20.9 Å². The lowest BCUT2D eigenvalue weighted by atomic mass is 10.2. The van der Waals surface area contributed by atoms with Gasteiger partial charge in [0.1, 0.15) is 0 Å². The van der Waals surface area contributed by atoms with E-state index in [9.17, 15) is 10.1 Å². The molecule has 3 rings (SSSR count). The number of aromatic nitrogens is 2. The number of fused-ring (bicyclic) bond motifs is 1. The van der Waals surface area contributed by atoms with Crippen LogP contribution in [0.1, 0.15) is 5.56 Å². The molecule has 0 saturated heterocycles. The standard InChI is InChI=1S/C14H10BrN3O2/c15-12-5-10(7-16-8-12)9-17-4-3-11-6-13(18(19)20)1-2-14(11)17/h1-8H,9H2. The zero-order valence-electron chi connectivity index (χ0n) is 10.4. The lowest BCUT2D eigenvalue weighted by Crippen LogP contribution is -1.98. The molecule has 0 aliphatic carbocycles. The molecule has 0 radical (unpaired) electrons. The summed E-state index contributed by atoms with van der Waals surface area (Å²) >= 11 is 3.39. The van der Waals surface area contributed by atoms with Crippen LogP contribution in [-0.2, 0) is 6.54 Å². The Balaban J connectivity index is 1.98. The van der Waals surface area contributed by atoms with Gasteiger partial charge in [0.25, 0.3) is 5.69 Å². The van der Waals surface area contributed by atoms with Gasteiger partial charge >= 0.3 is 0 Å². The van der Waals surface area contributed by atoms with Gasteiger partial charge in [0.15, 0.2) is 0 Å². The zero-order chi connectivity index (χ0) is 14.1. The molecule has 5 nitrogen and oxygen atoms in total. The molecule has 3 aromatic rings. The molecule has 2 heterocycles. The van der Waals surface area contributed by atoms with Crippen molar-refractivity contribution < 1.29 is 4.92 Å². The van der Waals surface area contributed by atoms with Crippen LogP contribution in [0.2, 0.25) is 0 Å². The minimum Gasteiger partial charge on any atom is -0.343 e. The lowest BCUT2D eigenvalue weighted by Gasteiger charge is -2.05. The fraction of sp³-hybridized carbons (Fsp3) is 0.0714. The van der Waals surface area contributed by atoms with Crippen molar-refractivity contribution in [1.82, 2.24) is 9.55 Å². The maximum absolute atomic E-state index is 10.8. The first-order valence-corrected chi connectivity index (χ1v) is 6.75. The second kappa shape index (κ2) is 5.05. The summed E-state index contributed by atoms with van der Waals surface area (Å²) in [5.74, 6) is 0. The van der Waals surface area contributed by atoms with Crippen LogP contribution in [0.25, 0.3) is 10.9 Å². The summed E-state index contributed by atoms with van der Waals surface area (Å²) in [6.07, 6.45) is 5.47. The van der Waals surface area contributed by atoms with Crippen LogP contribution in [0.4, 0.5) is 5.69 Å². The highest BCUT2D eigenvalue weighted by atomic mass is 79.9. The summed E-state index contributed by atoms with van der Waals surface area (Å²) in [5, 5.41) is 11.6. The molecular weight excluding hydrogens is 322 g/mol. The van der Waals surface area contributed by atoms with Gasteiger partial charge in [-0.05, 0) is 39.7 Å². The molecule has 0 N–H and O–H groups in total. The van der Waals surface area contributed by atoms with Crippen LogP contribution in [0.5, 0.6) is 0 Å². The van der Waals surface area contributed by atoms with E-state index in [2.05, 4.69) is 20.9 Å². The minimum atomic E-state index is -0.380. The minimum absolute atomic E-state index is 0.111. The van der Waals surface area contributed by atoms with Crippen molar-refractivity contribution in [1.29, 1.82) is 0 Å². The van der Waals surface area contributed by atoms with Gasteiger partial charge in [-0.25, -0.2) is 0 Å². The fourth-order valence-electron chi connectivity index (χ4n) is 2.18. The fourth-order valence-corrected chi connectivity index (χ4v) is 2.59. The zero-order valence-corrected chi connectivity index (χ0v) is 11.9. The van der Waals surface area contributed by atoms with E-state index < -0.39 is 0 Å². The molecule has 6 heteroatoms. The predicted molar refractivity (Wildman–Crippen MR) is 79.6 cm³/mol. The molecule has 20 heavy (non-hydrogen) atoms. The van der Waals surface area contributed by atoms with Crippen molar-refractivity contribution in [3.05, 3.63) is 69.1 Å². The molecule has 100 valence electrons. The molecule has 0 aliphatic heterocycles. The molecular formula is C14H10BrN3O2. The van der Waals surface area contributed by atoms with Gasteiger partial charge in [-0.3, -0.25) is 15.1 Å². The topological polar surface area (TPSA) is 61.0 Å². The second-order valence-corrected chi connectivity index (χ2v) is 5.37. The quantitative estimate of drug-likeness (QED) is 0.542. The predicted octanol–water partition coefficient (Wildman–Crippen LogP) is 3.76. The first-order valence-electron chi connectivity index (χ1n) is 5.96. The monoisotopic (exact) mass is 331 g/mol. The lowest BCUT2D eigenvalue weighted by molar-refractivity contribution is -0.384. The summed E-state index contributed by atoms with van der Waals surface area (Å²) in [5.41, 5.74) is 2.14. The number of benzene rings is 1. The van der Waals surface area contributed by atoms with Crippen molar-refractivity contribution in [2.75, 3.05) is 0 Å². The molecule has 0 fully saturated rings. The molecule has 0 aliphatic rings. The third-order valence-electron chi connectivity index (χ3n) is 3.08. The van der Waals surface area contributed by atoms with Gasteiger partial charge in [0.2, 0.25) is 0 Å². The van der Waals surface area contributed by atoms with Crippen LogP contribution in [0.3, 0.4) is 0 Å². The maximum Gasteiger partial charge on any atom is 0.270 e. The Bertz CT molecular complexity index is 798. The van der Waals surface area contributed by atoms with Crippen LogP contribution >= 0.6 is 15.9 Å². The maximum atomic E-state index is 10.8. The summed E-state index contributed by atoms with van der Waals surface area (Å²) in [6, 6.07) is 8.78. The number of pyridine rings is 1. The highest BCUT2D eigenvalue weighted by molar-refractivity contribution is 9.10. The first-order chi connectivity index (χ1) is 9.63. The first kappa shape index (κ1) is 12.8. The Morgan fingerprint density at radius 1 is 1.25 bits per heavy atom. The SMILES string of the molecule is O=[N+]([O-])c1ccc2c(ccn2Cc2cncc(Br)c2)c1. The highest BCUT2D eigenvalue weighted by Crippen LogP contribution is 2.23. The highest BCUT2D eigenvalue weighted by Gasteiger charge is 2.09. The van der Waals surface area contributed by atoms with Crippen molar-refractivity contribution in [3.63, 3.8) is 0 Å². The summed E-state index contributed by atoms with van der Waals surface area (Å²) < 4.78 is 2.98. The third-order valence-corrected chi connectivity index (χ3v) is 3.51. The number of nitro benzene ring substituents is 1. The number of nitrogens with zero attached hydrogens (tertiary/aromatic N) is 3. The van der Waals surface area contributed by atoms with Gasteiger partial charge in [-0.15, -0.1) is 0 Å². The molecule has 0 spiro atoms. The van der Waals surface area contributed by atoms with Crippen molar-refractivity contribution in [3.8, 4) is 0 Å². The average Bonchev–Trinajstić information content (AvgIpc) is 2.81. The molecule has 0 bridgehead atoms. The van der Waals surface area contributed by atoms with Crippen LogP contribution in [0.15, 0.2) is 53.4 Å². The van der Waals surface area contributed by atoms with Gasteiger partial charge in [0.05, 0.1) is 4.92 Å². The number of hydrogen-bond acceptors (Lipinski definition) is 3. The van der Waals surface area contributed by atoms with Crippen LogP contribution in [-0.4, -0.2) is 14.5 Å². The van der Waals surface area contributed by atoms with E-state index in [0.29, 0.717) is 6.54 Å². The van der Waals surface area contributed by atoms with E-state index in [4.69, 9.17) is 0 Å². The molecule has 0 atom stereocenters. The Labute approximate surface area is 123 Å². The van der Waals surface area contributed by atoms with Gasteiger partial charge in [-0.2, -0.15) is 0 Å². The molecule has 0 amide bonds. The molecule has 0 saturated carbocycles. The normalized spacial score (nSPS) is 10.8. The Hall–Kier alpha value is -2.21.